The minimum Gasteiger partial charge on any atom is -0.497 e. The minimum atomic E-state index is -0.959. The summed E-state index contributed by atoms with van der Waals surface area (Å²) in [7, 11) is 1.53. The second-order valence-corrected chi connectivity index (χ2v) is 5.52. The molecule has 8 nitrogen and oxygen atoms in total. The zero-order valence-corrected chi connectivity index (χ0v) is 14.4. The monoisotopic (exact) mass is 364 g/mol. The zero-order valence-electron chi connectivity index (χ0n) is 14.4. The molecule has 2 amide bonds. The van der Waals surface area contributed by atoms with E-state index in [-0.39, 0.29) is 11.1 Å². The molecule has 0 aliphatic rings. The van der Waals surface area contributed by atoms with Gasteiger partial charge in [0.15, 0.2) is 0 Å². The number of rotatable bonds is 4. The third-order valence-electron chi connectivity index (χ3n) is 3.71. The molecule has 0 saturated carbocycles. The molecule has 3 N–H and O–H groups in total. The summed E-state index contributed by atoms with van der Waals surface area (Å²) >= 11 is 0. The standard InChI is InChI=1S/C19H16N4O4/c1-27-15-8-6-14(7-9-15)21-18(25)19(26)23-20-11-13-10-12-4-2-3-5-16(12)22-17(13)24/h2-11H,1H3,(H,21,25)(H,22,24)(H,23,26)/b20-11+. The number of methoxy groups -OCH3 is 1. The molecule has 0 radical (unpaired) electrons. The Kier molecular flexibility index (Phi) is 5.27. The van der Waals surface area contributed by atoms with E-state index >= 15 is 0 Å². The van der Waals surface area contributed by atoms with Crippen LogP contribution < -0.4 is 21.0 Å². The Hall–Kier alpha value is -3.94. The van der Waals surface area contributed by atoms with Crippen LogP contribution in [0.15, 0.2) is 64.5 Å². The molecule has 3 rings (SSSR count). The number of nitrogens with one attached hydrogen (secondary N) is 3. The summed E-state index contributed by atoms with van der Waals surface area (Å²) in [4.78, 5) is 38.4. The molecule has 0 aliphatic heterocycles. The molecule has 0 atom stereocenters. The van der Waals surface area contributed by atoms with Gasteiger partial charge in [-0.25, -0.2) is 5.43 Å². The number of anilines is 1. The second-order valence-electron chi connectivity index (χ2n) is 5.52. The van der Waals surface area contributed by atoms with E-state index in [4.69, 9.17) is 4.74 Å². The number of nitrogens with zero attached hydrogens (tertiary/aromatic N) is 1. The lowest BCUT2D eigenvalue weighted by molar-refractivity contribution is -0.136. The molecule has 2 aromatic carbocycles. The predicted octanol–water partition coefficient (Wildman–Crippen LogP) is 1.63. The van der Waals surface area contributed by atoms with Gasteiger partial charge in [0.1, 0.15) is 5.75 Å². The molecule has 0 unspecified atom stereocenters. The fourth-order valence-corrected chi connectivity index (χ4v) is 2.33. The Morgan fingerprint density at radius 3 is 2.56 bits per heavy atom. The number of pyridine rings is 1. The Labute approximate surface area is 153 Å². The number of hydrogen-bond donors (Lipinski definition) is 3. The Bertz CT molecular complexity index is 1070. The summed E-state index contributed by atoms with van der Waals surface area (Å²) < 4.78 is 5.01. The number of para-hydroxylation sites is 1. The number of aromatic amines is 1. The molecule has 0 saturated heterocycles. The average molecular weight is 364 g/mol. The van der Waals surface area contributed by atoms with Gasteiger partial charge >= 0.3 is 11.8 Å². The molecule has 1 heterocycles. The highest BCUT2D eigenvalue weighted by Crippen LogP contribution is 2.14. The first-order valence-electron chi connectivity index (χ1n) is 7.97. The summed E-state index contributed by atoms with van der Waals surface area (Å²) in [5, 5.41) is 6.92. The number of amides is 2. The van der Waals surface area contributed by atoms with Crippen LogP contribution in [0.3, 0.4) is 0 Å². The van der Waals surface area contributed by atoms with E-state index in [1.807, 2.05) is 18.2 Å². The normalized spacial score (nSPS) is 10.7. The molecular formula is C19H16N4O4. The van der Waals surface area contributed by atoms with E-state index in [2.05, 4.69) is 20.8 Å². The molecule has 0 fully saturated rings. The van der Waals surface area contributed by atoms with Gasteiger partial charge in [0.25, 0.3) is 5.56 Å². The molecule has 0 bridgehead atoms. The average Bonchev–Trinajstić information content (AvgIpc) is 2.68. The molecule has 0 spiro atoms. The van der Waals surface area contributed by atoms with Gasteiger partial charge in [0.2, 0.25) is 0 Å². The van der Waals surface area contributed by atoms with Gasteiger partial charge in [0.05, 0.1) is 18.9 Å². The smallest absolute Gasteiger partial charge is 0.329 e. The van der Waals surface area contributed by atoms with Crippen molar-refractivity contribution in [3.8, 4) is 5.75 Å². The number of benzene rings is 2. The van der Waals surface area contributed by atoms with Gasteiger partial charge in [0, 0.05) is 11.2 Å². The third kappa shape index (κ3) is 4.37. The van der Waals surface area contributed by atoms with Crippen LogP contribution in [0.1, 0.15) is 5.56 Å². The summed E-state index contributed by atoms with van der Waals surface area (Å²) in [6, 6.07) is 15.4. The van der Waals surface area contributed by atoms with E-state index in [1.54, 1.807) is 36.4 Å². The minimum absolute atomic E-state index is 0.254. The number of H-pyrrole nitrogens is 1. The van der Waals surface area contributed by atoms with Crippen molar-refractivity contribution in [3.05, 3.63) is 70.5 Å². The van der Waals surface area contributed by atoms with Crippen LogP contribution >= 0.6 is 0 Å². The summed E-state index contributed by atoms with van der Waals surface area (Å²) in [6.45, 7) is 0. The van der Waals surface area contributed by atoms with E-state index < -0.39 is 11.8 Å². The first-order chi connectivity index (χ1) is 13.1. The van der Waals surface area contributed by atoms with Crippen molar-refractivity contribution in [2.24, 2.45) is 5.10 Å². The number of hydrogen-bond acceptors (Lipinski definition) is 5. The predicted molar refractivity (Wildman–Crippen MR) is 102 cm³/mol. The first kappa shape index (κ1) is 17.9. The van der Waals surface area contributed by atoms with Gasteiger partial charge in [-0.05, 0) is 41.8 Å². The Morgan fingerprint density at radius 1 is 1.07 bits per heavy atom. The largest absolute Gasteiger partial charge is 0.497 e. The van der Waals surface area contributed by atoms with Crippen molar-refractivity contribution in [1.29, 1.82) is 0 Å². The van der Waals surface area contributed by atoms with Crippen LogP contribution in [0.2, 0.25) is 0 Å². The highest BCUT2D eigenvalue weighted by molar-refractivity contribution is 6.39. The molecule has 136 valence electrons. The summed E-state index contributed by atoms with van der Waals surface area (Å²) in [5.41, 5.74) is 3.12. The quantitative estimate of drug-likeness (QED) is 0.371. The summed E-state index contributed by atoms with van der Waals surface area (Å²) in [5.74, 6) is -1.22. The van der Waals surface area contributed by atoms with Gasteiger partial charge in [-0.1, -0.05) is 18.2 Å². The van der Waals surface area contributed by atoms with Crippen LogP contribution in [0.5, 0.6) is 5.75 Å². The van der Waals surface area contributed by atoms with E-state index in [9.17, 15) is 14.4 Å². The molecule has 27 heavy (non-hydrogen) atoms. The lowest BCUT2D eigenvalue weighted by Crippen LogP contribution is -2.32. The summed E-state index contributed by atoms with van der Waals surface area (Å²) in [6.07, 6.45) is 1.18. The third-order valence-corrected chi connectivity index (χ3v) is 3.71. The van der Waals surface area contributed by atoms with Crippen LogP contribution in [-0.4, -0.2) is 30.1 Å². The van der Waals surface area contributed by atoms with E-state index in [0.29, 0.717) is 17.0 Å². The fourth-order valence-electron chi connectivity index (χ4n) is 2.33. The van der Waals surface area contributed by atoms with Crippen molar-refractivity contribution in [2.75, 3.05) is 12.4 Å². The van der Waals surface area contributed by atoms with Gasteiger partial charge < -0.3 is 15.0 Å². The maximum absolute atomic E-state index is 12.0. The Morgan fingerprint density at radius 2 is 1.81 bits per heavy atom. The van der Waals surface area contributed by atoms with Gasteiger partial charge in [-0.15, -0.1) is 0 Å². The van der Waals surface area contributed by atoms with Crippen LogP contribution in [0.25, 0.3) is 10.9 Å². The van der Waals surface area contributed by atoms with E-state index in [0.717, 1.165) is 5.39 Å². The van der Waals surface area contributed by atoms with Crippen LogP contribution in [0.4, 0.5) is 5.69 Å². The zero-order chi connectivity index (χ0) is 19.2. The van der Waals surface area contributed by atoms with Crippen molar-refractivity contribution in [3.63, 3.8) is 0 Å². The number of fused-ring (bicyclic) bond motifs is 1. The lowest BCUT2D eigenvalue weighted by atomic mass is 10.2. The highest BCUT2D eigenvalue weighted by atomic mass is 16.5. The molecular weight excluding hydrogens is 348 g/mol. The van der Waals surface area contributed by atoms with Crippen molar-refractivity contribution < 1.29 is 14.3 Å². The fraction of sp³-hybridized carbons (Fsp3) is 0.0526. The van der Waals surface area contributed by atoms with Crippen LogP contribution in [-0.2, 0) is 9.59 Å². The second kappa shape index (κ2) is 7.96. The van der Waals surface area contributed by atoms with E-state index in [1.165, 1.54) is 13.3 Å². The number of aromatic nitrogens is 1. The first-order valence-corrected chi connectivity index (χ1v) is 7.97. The van der Waals surface area contributed by atoms with Crippen molar-refractivity contribution >= 4 is 34.6 Å². The maximum atomic E-state index is 12.0. The van der Waals surface area contributed by atoms with Crippen LogP contribution in [0, 0.1) is 0 Å². The molecule has 0 aliphatic carbocycles. The Balaban J connectivity index is 1.63. The van der Waals surface area contributed by atoms with Crippen molar-refractivity contribution in [1.82, 2.24) is 10.4 Å². The number of hydrazone groups is 1. The lowest BCUT2D eigenvalue weighted by Gasteiger charge is -2.05. The SMILES string of the molecule is COc1ccc(NC(=O)C(=O)N/N=C/c2cc3ccccc3[nH]c2=O)cc1. The molecule has 1 aromatic heterocycles. The number of ether oxygens (including phenoxy) is 1. The highest BCUT2D eigenvalue weighted by Gasteiger charge is 2.13. The maximum Gasteiger partial charge on any atom is 0.329 e. The molecule has 3 aromatic rings. The molecule has 8 heteroatoms. The van der Waals surface area contributed by atoms with Gasteiger partial charge in [-0.3, -0.25) is 14.4 Å². The van der Waals surface area contributed by atoms with Gasteiger partial charge in [-0.2, -0.15) is 5.10 Å². The topological polar surface area (TPSA) is 113 Å². The number of carbonyl (C=O) groups excluding carboxylic acids is 2. The number of carbonyl (C=O) groups is 2. The van der Waals surface area contributed by atoms with Crippen molar-refractivity contribution in [2.45, 2.75) is 0 Å².